The van der Waals surface area contributed by atoms with Crippen molar-refractivity contribution < 1.29 is 24.0 Å². The molecule has 308 valence electrons. The topological polar surface area (TPSA) is 116 Å². The summed E-state index contributed by atoms with van der Waals surface area (Å²) in [4.78, 5) is 74.3. The quantitative estimate of drug-likeness (QED) is 0.106. The van der Waals surface area contributed by atoms with Crippen LogP contribution in [0.1, 0.15) is 110 Å². The molecule has 2 aliphatic rings. The van der Waals surface area contributed by atoms with Crippen LogP contribution in [0.25, 0.3) is 0 Å². The summed E-state index contributed by atoms with van der Waals surface area (Å²) in [7, 11) is 2.15. The van der Waals surface area contributed by atoms with Crippen molar-refractivity contribution in [2.24, 2.45) is 29.1 Å². The number of likely N-dealkylation sites (N-methyl/N-ethyl adjacent to an activating group) is 1. The summed E-state index contributed by atoms with van der Waals surface area (Å²) in [6, 6.07) is 18.2. The molecule has 4 rings (SSSR count). The van der Waals surface area contributed by atoms with Crippen LogP contribution in [-0.2, 0) is 36.8 Å². The molecule has 2 aromatic carbocycles. The zero-order valence-electron chi connectivity index (χ0n) is 35.2. The highest BCUT2D eigenvalue weighted by molar-refractivity contribution is 5.97. The first kappa shape index (κ1) is 45.0. The standard InChI is InChI=1S/C47H70N4O5/c1-34(2)29-41(43(53)33-39(31-37-17-11-8-12-18-37)46(56)49-42(30-35(3)4)44(54)47(5)22-23-47)48-45(55)38(21-20-36-15-9-7-10-16-36)32-40(52)19-13-14-24-51-27-25-50(6)26-28-51/h7-12,15-18,34-35,38-39,41-42H,13-14,19-33H2,1-6H3,(H,48,55)(H,49,56)/t38-,39-,41+,42+/m1/s1. The van der Waals surface area contributed by atoms with Crippen molar-refractivity contribution in [3.8, 4) is 0 Å². The molecule has 1 saturated heterocycles. The minimum absolute atomic E-state index is 0.0698. The first-order valence-electron chi connectivity index (χ1n) is 21.4. The van der Waals surface area contributed by atoms with E-state index < -0.39 is 29.3 Å². The fraction of sp³-hybridized carbons (Fsp3) is 0.638. The van der Waals surface area contributed by atoms with E-state index in [2.05, 4.69) is 27.5 Å². The molecule has 2 fully saturated rings. The molecular formula is C47H70N4O5. The summed E-state index contributed by atoms with van der Waals surface area (Å²) >= 11 is 0. The second-order valence-corrected chi connectivity index (χ2v) is 17.9. The molecule has 2 aromatic rings. The number of aryl methyl sites for hydroxylation is 1. The van der Waals surface area contributed by atoms with Crippen molar-refractivity contribution in [1.82, 2.24) is 20.4 Å². The van der Waals surface area contributed by atoms with Gasteiger partial charge in [-0.3, -0.25) is 24.0 Å². The summed E-state index contributed by atoms with van der Waals surface area (Å²) in [5, 5.41) is 6.17. The molecule has 2 N–H and O–H groups in total. The van der Waals surface area contributed by atoms with Gasteiger partial charge < -0.3 is 20.4 Å². The van der Waals surface area contributed by atoms with Crippen LogP contribution in [0.4, 0.5) is 0 Å². The van der Waals surface area contributed by atoms with Gasteiger partial charge in [-0.15, -0.1) is 0 Å². The third kappa shape index (κ3) is 15.3. The lowest BCUT2D eigenvalue weighted by Crippen LogP contribution is -2.49. The number of benzene rings is 2. The Hall–Kier alpha value is -3.69. The van der Waals surface area contributed by atoms with E-state index in [4.69, 9.17) is 0 Å². The molecule has 1 aliphatic heterocycles. The van der Waals surface area contributed by atoms with Crippen molar-refractivity contribution in [2.75, 3.05) is 39.8 Å². The third-order valence-electron chi connectivity index (χ3n) is 11.7. The summed E-state index contributed by atoms with van der Waals surface area (Å²) in [6.07, 6.45) is 6.34. The van der Waals surface area contributed by atoms with E-state index in [0.717, 1.165) is 69.5 Å². The Morgan fingerprint density at radius 2 is 1.25 bits per heavy atom. The number of piperazine rings is 1. The van der Waals surface area contributed by atoms with Crippen molar-refractivity contribution in [3.63, 3.8) is 0 Å². The monoisotopic (exact) mass is 771 g/mol. The molecule has 0 aromatic heterocycles. The van der Waals surface area contributed by atoms with E-state index in [1.165, 1.54) is 0 Å². The smallest absolute Gasteiger partial charge is 0.224 e. The first-order valence-corrected chi connectivity index (χ1v) is 21.4. The summed E-state index contributed by atoms with van der Waals surface area (Å²) in [5.74, 6) is -1.63. The number of carbonyl (C=O) groups excluding carboxylic acids is 5. The lowest BCUT2D eigenvalue weighted by molar-refractivity contribution is -0.135. The van der Waals surface area contributed by atoms with Crippen molar-refractivity contribution >= 4 is 29.2 Å². The number of ketones is 3. The van der Waals surface area contributed by atoms with Gasteiger partial charge in [-0.2, -0.15) is 0 Å². The van der Waals surface area contributed by atoms with Gasteiger partial charge in [0.2, 0.25) is 11.8 Å². The fourth-order valence-electron chi connectivity index (χ4n) is 7.84. The van der Waals surface area contributed by atoms with E-state index in [1.54, 1.807) is 0 Å². The molecule has 0 spiro atoms. The van der Waals surface area contributed by atoms with Gasteiger partial charge in [0.15, 0.2) is 11.6 Å². The predicted molar refractivity (Wildman–Crippen MR) is 224 cm³/mol. The van der Waals surface area contributed by atoms with Crippen LogP contribution < -0.4 is 10.6 Å². The van der Waals surface area contributed by atoms with E-state index >= 15 is 0 Å². The second kappa shape index (κ2) is 22.3. The van der Waals surface area contributed by atoms with Gasteiger partial charge in [0, 0.05) is 62.7 Å². The number of hydrogen-bond donors (Lipinski definition) is 2. The first-order chi connectivity index (χ1) is 26.7. The zero-order chi connectivity index (χ0) is 40.7. The minimum atomic E-state index is -0.801. The Morgan fingerprint density at radius 3 is 1.84 bits per heavy atom. The third-order valence-corrected chi connectivity index (χ3v) is 11.7. The number of amides is 2. The number of unbranched alkanes of at least 4 members (excludes halogenated alkanes) is 1. The maximum atomic E-state index is 14.3. The Balaban J connectivity index is 1.45. The maximum Gasteiger partial charge on any atom is 0.224 e. The Kier molecular flexibility index (Phi) is 17.9. The molecule has 2 amide bonds. The second-order valence-electron chi connectivity index (χ2n) is 17.9. The van der Waals surface area contributed by atoms with Crippen LogP contribution in [0.15, 0.2) is 60.7 Å². The Bertz CT molecular complexity index is 1550. The van der Waals surface area contributed by atoms with Crippen LogP contribution in [0.3, 0.4) is 0 Å². The lowest BCUT2D eigenvalue weighted by atomic mass is 9.87. The average Bonchev–Trinajstić information content (AvgIpc) is 3.93. The molecule has 1 saturated carbocycles. The number of nitrogens with zero attached hydrogens (tertiary/aromatic N) is 2. The number of rotatable bonds is 25. The fourth-order valence-corrected chi connectivity index (χ4v) is 7.84. The maximum absolute atomic E-state index is 14.3. The zero-order valence-corrected chi connectivity index (χ0v) is 35.2. The van der Waals surface area contributed by atoms with Gasteiger partial charge in [-0.1, -0.05) is 95.3 Å². The minimum Gasteiger partial charge on any atom is -0.346 e. The summed E-state index contributed by atoms with van der Waals surface area (Å²) in [5.41, 5.74) is 1.63. The largest absolute Gasteiger partial charge is 0.346 e. The lowest BCUT2D eigenvalue weighted by Gasteiger charge is -2.32. The van der Waals surface area contributed by atoms with Gasteiger partial charge in [-0.05, 0) is 94.3 Å². The van der Waals surface area contributed by atoms with Crippen LogP contribution >= 0.6 is 0 Å². The van der Waals surface area contributed by atoms with Gasteiger partial charge >= 0.3 is 0 Å². The van der Waals surface area contributed by atoms with E-state index in [1.807, 2.05) is 95.3 Å². The molecule has 0 bridgehead atoms. The average molecular weight is 771 g/mol. The molecular weight excluding hydrogens is 701 g/mol. The normalized spacial score (nSPS) is 17.9. The molecule has 0 unspecified atom stereocenters. The highest BCUT2D eigenvalue weighted by Crippen LogP contribution is 2.47. The van der Waals surface area contributed by atoms with Crippen molar-refractivity contribution in [3.05, 3.63) is 71.8 Å². The van der Waals surface area contributed by atoms with Gasteiger partial charge in [0.05, 0.1) is 12.1 Å². The summed E-state index contributed by atoms with van der Waals surface area (Å²) < 4.78 is 0. The molecule has 56 heavy (non-hydrogen) atoms. The van der Waals surface area contributed by atoms with Crippen LogP contribution in [0, 0.1) is 29.1 Å². The van der Waals surface area contributed by atoms with Gasteiger partial charge in [0.25, 0.3) is 0 Å². The van der Waals surface area contributed by atoms with Crippen LogP contribution in [-0.4, -0.2) is 90.8 Å². The Labute approximate surface area is 337 Å². The highest BCUT2D eigenvalue weighted by Gasteiger charge is 2.48. The van der Waals surface area contributed by atoms with Gasteiger partial charge in [-0.25, -0.2) is 0 Å². The summed E-state index contributed by atoms with van der Waals surface area (Å²) in [6.45, 7) is 15.3. The number of carbonyl (C=O) groups is 5. The van der Waals surface area contributed by atoms with E-state index in [-0.39, 0.29) is 53.8 Å². The molecule has 9 heteroatoms. The highest BCUT2D eigenvalue weighted by atomic mass is 16.2. The molecule has 1 aliphatic carbocycles. The van der Waals surface area contributed by atoms with Crippen LogP contribution in [0.5, 0.6) is 0 Å². The van der Waals surface area contributed by atoms with Crippen molar-refractivity contribution in [1.29, 1.82) is 0 Å². The molecule has 0 radical (unpaired) electrons. The predicted octanol–water partition coefficient (Wildman–Crippen LogP) is 6.86. The molecule has 9 nitrogen and oxygen atoms in total. The van der Waals surface area contributed by atoms with Gasteiger partial charge in [0.1, 0.15) is 5.78 Å². The molecule has 4 atom stereocenters. The Morgan fingerprint density at radius 1 is 0.696 bits per heavy atom. The van der Waals surface area contributed by atoms with E-state index in [0.29, 0.717) is 38.5 Å². The molecule has 1 heterocycles. The number of hydrogen-bond acceptors (Lipinski definition) is 7. The van der Waals surface area contributed by atoms with Crippen LogP contribution in [0.2, 0.25) is 0 Å². The van der Waals surface area contributed by atoms with Crippen molar-refractivity contribution in [2.45, 2.75) is 124 Å². The SMILES string of the molecule is CC(C)C[C@H](NC(=O)[C@H](CCc1ccccc1)CC(=O)CCCCN1CCN(C)CC1)C(=O)C[C@@H](Cc1ccccc1)C(=O)N[C@@H](CC(C)C)C(=O)C1(C)CC1. The number of Topliss-reactive ketones (excluding diaryl/α,β-unsaturated/α-hetero) is 3. The number of nitrogens with one attached hydrogen (secondary N) is 2. The van der Waals surface area contributed by atoms with E-state index in [9.17, 15) is 24.0 Å².